The molecular formula is C11H15NO. The minimum absolute atomic E-state index is 0.740. The molecule has 1 aromatic carbocycles. The number of nitrogens with one attached hydrogen (secondary N) is 1. The van der Waals surface area contributed by atoms with Gasteiger partial charge < -0.3 is 10.1 Å². The van der Waals surface area contributed by atoms with Gasteiger partial charge >= 0.3 is 0 Å². The Kier molecular flexibility index (Phi) is 2.62. The minimum Gasteiger partial charge on any atom is -0.377 e. The summed E-state index contributed by atoms with van der Waals surface area (Å²) in [5.74, 6) is 0. The van der Waals surface area contributed by atoms with Gasteiger partial charge in [-0.2, -0.15) is 0 Å². The van der Waals surface area contributed by atoms with Crippen LogP contribution in [0.4, 0.5) is 0 Å². The van der Waals surface area contributed by atoms with E-state index in [4.69, 9.17) is 4.74 Å². The van der Waals surface area contributed by atoms with Gasteiger partial charge in [0.15, 0.2) is 0 Å². The molecule has 0 radical (unpaired) electrons. The monoisotopic (exact) mass is 177 g/mol. The van der Waals surface area contributed by atoms with Crippen molar-refractivity contribution in [3.05, 3.63) is 34.9 Å². The molecule has 2 rings (SSSR count). The molecule has 0 fully saturated rings. The Morgan fingerprint density at radius 3 is 3.00 bits per heavy atom. The van der Waals surface area contributed by atoms with Gasteiger partial charge in [0.2, 0.25) is 0 Å². The Hall–Kier alpha value is -0.860. The van der Waals surface area contributed by atoms with Gasteiger partial charge in [-0.05, 0) is 23.6 Å². The first-order chi connectivity index (χ1) is 6.40. The lowest BCUT2D eigenvalue weighted by atomic mass is 10.1. The summed E-state index contributed by atoms with van der Waals surface area (Å²) < 4.78 is 5.36. The molecule has 0 aliphatic carbocycles. The molecule has 0 bridgehead atoms. The Morgan fingerprint density at radius 2 is 2.15 bits per heavy atom. The smallest absolute Gasteiger partial charge is 0.0716 e. The average Bonchev–Trinajstić information content (AvgIpc) is 2.61. The van der Waals surface area contributed by atoms with E-state index in [1.165, 1.54) is 16.7 Å². The summed E-state index contributed by atoms with van der Waals surface area (Å²) in [4.78, 5) is 0. The summed E-state index contributed by atoms with van der Waals surface area (Å²) in [5, 5.41) is 3.33. The quantitative estimate of drug-likeness (QED) is 0.760. The first-order valence-electron chi connectivity index (χ1n) is 4.79. The topological polar surface area (TPSA) is 21.3 Å². The zero-order valence-corrected chi connectivity index (χ0v) is 7.97. The van der Waals surface area contributed by atoms with Crippen molar-refractivity contribution in [2.24, 2.45) is 0 Å². The predicted molar refractivity (Wildman–Crippen MR) is 52.3 cm³/mol. The van der Waals surface area contributed by atoms with E-state index < -0.39 is 0 Å². The molecule has 0 saturated heterocycles. The number of hydrogen-bond acceptors (Lipinski definition) is 2. The number of hydrogen-bond donors (Lipinski definition) is 1. The Balaban J connectivity index is 2.12. The maximum Gasteiger partial charge on any atom is 0.0716 e. The van der Waals surface area contributed by atoms with Crippen LogP contribution in [0, 0.1) is 0 Å². The molecule has 0 spiro atoms. The largest absolute Gasteiger partial charge is 0.377 e. The van der Waals surface area contributed by atoms with Gasteiger partial charge in [0.25, 0.3) is 0 Å². The van der Waals surface area contributed by atoms with Crippen molar-refractivity contribution >= 4 is 0 Å². The third-order valence-corrected chi connectivity index (χ3v) is 2.37. The van der Waals surface area contributed by atoms with Crippen LogP contribution in [0.3, 0.4) is 0 Å². The van der Waals surface area contributed by atoms with E-state index in [2.05, 4.69) is 23.5 Å². The number of fused-ring (bicyclic) bond motifs is 1. The summed E-state index contributed by atoms with van der Waals surface area (Å²) in [6, 6.07) is 6.59. The van der Waals surface area contributed by atoms with Gasteiger partial charge in [0.1, 0.15) is 0 Å². The van der Waals surface area contributed by atoms with Gasteiger partial charge in [0.05, 0.1) is 6.61 Å². The maximum atomic E-state index is 5.36. The van der Waals surface area contributed by atoms with Crippen molar-refractivity contribution in [2.45, 2.75) is 26.6 Å². The van der Waals surface area contributed by atoms with Crippen molar-refractivity contribution in [3.63, 3.8) is 0 Å². The molecule has 0 unspecified atom stereocenters. The molecule has 2 nitrogen and oxygen atoms in total. The van der Waals surface area contributed by atoms with Crippen molar-refractivity contribution in [1.82, 2.24) is 5.32 Å². The van der Waals surface area contributed by atoms with Crippen LogP contribution < -0.4 is 5.32 Å². The number of ether oxygens (including phenoxy) is 1. The van der Waals surface area contributed by atoms with Gasteiger partial charge in [-0.1, -0.05) is 18.2 Å². The fourth-order valence-electron chi connectivity index (χ4n) is 1.66. The highest BCUT2D eigenvalue weighted by Gasteiger charge is 2.09. The van der Waals surface area contributed by atoms with E-state index in [1.807, 2.05) is 6.92 Å². The summed E-state index contributed by atoms with van der Waals surface area (Å²) in [6.45, 7) is 5.58. The molecule has 0 aromatic heterocycles. The molecule has 0 atom stereocenters. The molecule has 0 amide bonds. The van der Waals surface area contributed by atoms with Gasteiger partial charge in [-0.25, -0.2) is 0 Å². The predicted octanol–water partition coefficient (Wildman–Crippen LogP) is 1.83. The SMILES string of the molecule is CCOCc1ccc2c(c1)CNC2. The summed E-state index contributed by atoms with van der Waals surface area (Å²) in [5.41, 5.74) is 4.14. The Labute approximate surface area is 78.9 Å². The van der Waals surface area contributed by atoms with Crippen LogP contribution in [0.15, 0.2) is 18.2 Å². The molecule has 1 aromatic rings. The molecule has 13 heavy (non-hydrogen) atoms. The van der Waals surface area contributed by atoms with Gasteiger partial charge in [0, 0.05) is 19.7 Å². The van der Waals surface area contributed by atoms with Crippen molar-refractivity contribution in [1.29, 1.82) is 0 Å². The van der Waals surface area contributed by atoms with Crippen LogP contribution in [-0.2, 0) is 24.4 Å². The van der Waals surface area contributed by atoms with E-state index in [0.717, 1.165) is 26.3 Å². The van der Waals surface area contributed by atoms with Crippen LogP contribution in [0.5, 0.6) is 0 Å². The van der Waals surface area contributed by atoms with Crippen LogP contribution in [0.25, 0.3) is 0 Å². The Bertz CT molecular complexity index is 296. The fourth-order valence-corrected chi connectivity index (χ4v) is 1.66. The second-order valence-electron chi connectivity index (χ2n) is 3.34. The Morgan fingerprint density at radius 1 is 1.31 bits per heavy atom. The van der Waals surface area contributed by atoms with Crippen molar-refractivity contribution < 1.29 is 4.74 Å². The van der Waals surface area contributed by atoms with Gasteiger partial charge in [-0.15, -0.1) is 0 Å². The standard InChI is InChI=1S/C11H15NO/c1-2-13-8-9-3-4-10-6-12-7-11(10)5-9/h3-5,12H,2,6-8H2,1H3. The van der Waals surface area contributed by atoms with Crippen molar-refractivity contribution in [2.75, 3.05) is 6.61 Å². The van der Waals surface area contributed by atoms with Crippen LogP contribution in [0.2, 0.25) is 0 Å². The third kappa shape index (κ3) is 1.90. The van der Waals surface area contributed by atoms with E-state index in [-0.39, 0.29) is 0 Å². The molecule has 1 heterocycles. The molecule has 2 heteroatoms. The fraction of sp³-hybridized carbons (Fsp3) is 0.455. The molecule has 1 aliphatic heterocycles. The third-order valence-electron chi connectivity index (χ3n) is 2.37. The lowest BCUT2D eigenvalue weighted by Gasteiger charge is -2.03. The van der Waals surface area contributed by atoms with Crippen LogP contribution >= 0.6 is 0 Å². The zero-order valence-electron chi connectivity index (χ0n) is 7.97. The van der Waals surface area contributed by atoms with Crippen LogP contribution in [0.1, 0.15) is 23.6 Å². The van der Waals surface area contributed by atoms with E-state index in [1.54, 1.807) is 0 Å². The van der Waals surface area contributed by atoms with E-state index in [9.17, 15) is 0 Å². The first kappa shape index (κ1) is 8.73. The average molecular weight is 177 g/mol. The lowest BCUT2D eigenvalue weighted by Crippen LogP contribution is -1.99. The maximum absolute atomic E-state index is 5.36. The first-order valence-corrected chi connectivity index (χ1v) is 4.79. The highest BCUT2D eigenvalue weighted by molar-refractivity contribution is 5.34. The normalized spacial score (nSPS) is 14.5. The molecule has 0 saturated carbocycles. The molecule has 70 valence electrons. The van der Waals surface area contributed by atoms with E-state index >= 15 is 0 Å². The lowest BCUT2D eigenvalue weighted by molar-refractivity contribution is 0.134. The summed E-state index contributed by atoms with van der Waals surface area (Å²) >= 11 is 0. The second kappa shape index (κ2) is 3.90. The minimum atomic E-state index is 0.740. The van der Waals surface area contributed by atoms with Gasteiger partial charge in [-0.3, -0.25) is 0 Å². The number of rotatable bonds is 3. The summed E-state index contributed by atoms with van der Waals surface area (Å²) in [7, 11) is 0. The highest BCUT2D eigenvalue weighted by Crippen LogP contribution is 2.17. The molecular weight excluding hydrogens is 162 g/mol. The van der Waals surface area contributed by atoms with Crippen molar-refractivity contribution in [3.8, 4) is 0 Å². The zero-order chi connectivity index (χ0) is 9.10. The van der Waals surface area contributed by atoms with Crippen LogP contribution in [-0.4, -0.2) is 6.61 Å². The second-order valence-corrected chi connectivity index (χ2v) is 3.34. The van der Waals surface area contributed by atoms with E-state index in [0.29, 0.717) is 0 Å². The molecule has 1 aliphatic rings. The summed E-state index contributed by atoms with van der Waals surface area (Å²) in [6.07, 6.45) is 0. The molecule has 1 N–H and O–H groups in total. The number of benzene rings is 1. The highest BCUT2D eigenvalue weighted by atomic mass is 16.5.